The molecule has 1 aromatic heterocycles. The molecule has 0 amide bonds. The van der Waals surface area contributed by atoms with Gasteiger partial charge in [-0.05, 0) is 30.7 Å². The molecule has 0 bridgehead atoms. The predicted octanol–water partition coefficient (Wildman–Crippen LogP) is 3.99. The van der Waals surface area contributed by atoms with Gasteiger partial charge in [-0.3, -0.25) is 0 Å². The number of nitrogens with zero attached hydrogens (tertiary/aromatic N) is 3. The highest BCUT2D eigenvalue weighted by Gasteiger charge is 2.17. The van der Waals surface area contributed by atoms with Gasteiger partial charge in [-0.15, -0.1) is 16.7 Å². The molecule has 0 aliphatic carbocycles. The summed E-state index contributed by atoms with van der Waals surface area (Å²) >= 11 is 6.05. The highest BCUT2D eigenvalue weighted by atomic mass is 35.5. The number of halogens is 1. The highest BCUT2D eigenvalue weighted by molar-refractivity contribution is 6.17. The molecule has 0 aliphatic heterocycles. The van der Waals surface area contributed by atoms with Gasteiger partial charge in [-0.2, -0.15) is 0 Å². The van der Waals surface area contributed by atoms with Gasteiger partial charge in [-0.25, -0.2) is 4.68 Å². The fraction of sp³-hybridized carbons (Fsp3) is 0.176. The van der Waals surface area contributed by atoms with E-state index in [2.05, 4.69) is 10.3 Å². The van der Waals surface area contributed by atoms with Crippen LogP contribution in [0, 0.1) is 6.92 Å². The van der Waals surface area contributed by atoms with Crippen LogP contribution in [-0.4, -0.2) is 22.1 Å². The van der Waals surface area contributed by atoms with Crippen molar-refractivity contribution in [2.75, 3.05) is 7.11 Å². The van der Waals surface area contributed by atoms with E-state index in [-0.39, 0.29) is 0 Å². The molecule has 22 heavy (non-hydrogen) atoms. The number of aryl methyl sites for hydroxylation is 1. The van der Waals surface area contributed by atoms with Crippen LogP contribution in [0.4, 0.5) is 0 Å². The summed E-state index contributed by atoms with van der Waals surface area (Å²) in [6.07, 6.45) is 0. The number of hydrogen-bond acceptors (Lipinski definition) is 3. The van der Waals surface area contributed by atoms with E-state index < -0.39 is 0 Å². The minimum absolute atomic E-state index is 0.304. The van der Waals surface area contributed by atoms with Crippen molar-refractivity contribution in [3.8, 4) is 22.7 Å². The van der Waals surface area contributed by atoms with Crippen LogP contribution in [-0.2, 0) is 5.88 Å². The lowest BCUT2D eigenvalue weighted by Gasteiger charge is -2.11. The molecule has 0 saturated carbocycles. The molecule has 1 heterocycles. The van der Waals surface area contributed by atoms with Crippen LogP contribution in [0.25, 0.3) is 16.9 Å². The van der Waals surface area contributed by atoms with Crippen molar-refractivity contribution in [2.24, 2.45) is 0 Å². The lowest BCUT2D eigenvalue weighted by molar-refractivity contribution is 0.415. The maximum absolute atomic E-state index is 6.05. The summed E-state index contributed by atoms with van der Waals surface area (Å²) in [4.78, 5) is 0. The average Bonchev–Trinajstić information content (AvgIpc) is 2.99. The van der Waals surface area contributed by atoms with E-state index in [0.29, 0.717) is 5.88 Å². The average molecular weight is 314 g/mol. The number of ether oxygens (including phenoxy) is 1. The molecular formula is C17H16ClN3O. The molecule has 0 atom stereocenters. The molecule has 112 valence electrons. The molecular weight excluding hydrogens is 298 g/mol. The minimum Gasteiger partial charge on any atom is -0.497 e. The number of alkyl halides is 1. The number of methoxy groups -OCH3 is 1. The quantitative estimate of drug-likeness (QED) is 0.684. The first-order chi connectivity index (χ1) is 10.7. The monoisotopic (exact) mass is 313 g/mol. The zero-order valence-electron chi connectivity index (χ0n) is 12.5. The first-order valence-electron chi connectivity index (χ1n) is 6.95. The Morgan fingerprint density at radius 2 is 1.95 bits per heavy atom. The van der Waals surface area contributed by atoms with Gasteiger partial charge in [0.25, 0.3) is 0 Å². The van der Waals surface area contributed by atoms with Crippen LogP contribution >= 0.6 is 11.6 Å². The number of hydrogen-bond donors (Lipinski definition) is 0. The van der Waals surface area contributed by atoms with Crippen LogP contribution in [0.2, 0.25) is 0 Å². The van der Waals surface area contributed by atoms with Gasteiger partial charge in [0.15, 0.2) is 0 Å². The maximum atomic E-state index is 6.05. The smallest absolute Gasteiger partial charge is 0.119 e. The third-order valence-electron chi connectivity index (χ3n) is 3.55. The molecule has 0 spiro atoms. The summed E-state index contributed by atoms with van der Waals surface area (Å²) in [6.45, 7) is 2.05. The van der Waals surface area contributed by atoms with Crippen molar-refractivity contribution in [2.45, 2.75) is 12.8 Å². The number of aromatic nitrogens is 3. The van der Waals surface area contributed by atoms with Crippen molar-refractivity contribution >= 4 is 11.6 Å². The summed E-state index contributed by atoms with van der Waals surface area (Å²) in [5.74, 6) is 1.09. The second-order valence-corrected chi connectivity index (χ2v) is 5.22. The normalized spacial score (nSPS) is 10.7. The SMILES string of the molecule is COc1cccc(-c2c(CCl)nnn2-c2ccccc2C)c1. The molecule has 2 aromatic carbocycles. The van der Waals surface area contributed by atoms with E-state index in [1.807, 2.05) is 60.1 Å². The Kier molecular flexibility index (Phi) is 4.11. The third-order valence-corrected chi connectivity index (χ3v) is 3.81. The maximum Gasteiger partial charge on any atom is 0.119 e. The Bertz CT molecular complexity index is 798. The summed E-state index contributed by atoms with van der Waals surface area (Å²) in [6, 6.07) is 15.9. The van der Waals surface area contributed by atoms with Crippen molar-refractivity contribution in [1.82, 2.24) is 15.0 Å². The Labute approximate surface area is 134 Å². The molecule has 0 radical (unpaired) electrons. The highest BCUT2D eigenvalue weighted by Crippen LogP contribution is 2.29. The van der Waals surface area contributed by atoms with Crippen LogP contribution in [0.3, 0.4) is 0 Å². The van der Waals surface area contributed by atoms with Gasteiger partial charge < -0.3 is 4.74 Å². The molecule has 0 fully saturated rings. The van der Waals surface area contributed by atoms with E-state index in [9.17, 15) is 0 Å². The third kappa shape index (κ3) is 2.57. The van der Waals surface area contributed by atoms with E-state index in [1.54, 1.807) is 7.11 Å². The van der Waals surface area contributed by atoms with Crippen LogP contribution in [0.5, 0.6) is 5.75 Å². The summed E-state index contributed by atoms with van der Waals surface area (Å²) < 4.78 is 7.15. The van der Waals surface area contributed by atoms with Crippen molar-refractivity contribution in [1.29, 1.82) is 0 Å². The van der Waals surface area contributed by atoms with Gasteiger partial charge in [-0.1, -0.05) is 35.5 Å². The number of rotatable bonds is 4. The largest absolute Gasteiger partial charge is 0.497 e. The van der Waals surface area contributed by atoms with Crippen LogP contribution in [0.1, 0.15) is 11.3 Å². The second kappa shape index (κ2) is 6.20. The lowest BCUT2D eigenvalue weighted by atomic mass is 10.1. The van der Waals surface area contributed by atoms with Gasteiger partial charge in [0, 0.05) is 5.56 Å². The second-order valence-electron chi connectivity index (χ2n) is 4.95. The molecule has 0 aliphatic rings. The van der Waals surface area contributed by atoms with Gasteiger partial charge in [0.2, 0.25) is 0 Å². The molecule has 0 unspecified atom stereocenters. The molecule has 0 saturated heterocycles. The van der Waals surface area contributed by atoms with Crippen molar-refractivity contribution < 1.29 is 4.74 Å². The Hall–Kier alpha value is -2.33. The number of para-hydroxylation sites is 1. The molecule has 4 nitrogen and oxygen atoms in total. The summed E-state index contributed by atoms with van der Waals surface area (Å²) in [5.41, 5.74) is 4.73. The van der Waals surface area contributed by atoms with E-state index >= 15 is 0 Å². The fourth-order valence-corrected chi connectivity index (χ4v) is 2.61. The first kappa shape index (κ1) is 14.6. The fourth-order valence-electron chi connectivity index (χ4n) is 2.43. The van der Waals surface area contributed by atoms with Crippen molar-refractivity contribution in [3.05, 3.63) is 59.8 Å². The molecule has 3 aromatic rings. The standard InChI is InChI=1S/C17H16ClN3O/c1-12-6-3-4-9-16(12)21-17(15(11-18)19-20-21)13-7-5-8-14(10-13)22-2/h3-10H,11H2,1-2H3. The molecule has 5 heteroatoms. The summed E-state index contributed by atoms with van der Waals surface area (Å²) in [7, 11) is 1.65. The van der Waals surface area contributed by atoms with Gasteiger partial charge in [0.05, 0.1) is 24.4 Å². The van der Waals surface area contributed by atoms with E-state index in [0.717, 1.165) is 34.0 Å². The van der Waals surface area contributed by atoms with Crippen LogP contribution < -0.4 is 4.74 Å². The summed E-state index contributed by atoms with van der Waals surface area (Å²) in [5, 5.41) is 8.52. The first-order valence-corrected chi connectivity index (χ1v) is 7.49. The Morgan fingerprint density at radius 1 is 1.14 bits per heavy atom. The van der Waals surface area contributed by atoms with Gasteiger partial charge in [0.1, 0.15) is 11.4 Å². The Morgan fingerprint density at radius 3 is 2.68 bits per heavy atom. The Balaban J connectivity index is 2.22. The topological polar surface area (TPSA) is 39.9 Å². The molecule has 0 N–H and O–H groups in total. The molecule has 3 rings (SSSR count). The van der Waals surface area contributed by atoms with Crippen LogP contribution in [0.15, 0.2) is 48.5 Å². The zero-order chi connectivity index (χ0) is 15.5. The van der Waals surface area contributed by atoms with E-state index in [4.69, 9.17) is 16.3 Å². The zero-order valence-corrected chi connectivity index (χ0v) is 13.2. The van der Waals surface area contributed by atoms with Crippen molar-refractivity contribution in [3.63, 3.8) is 0 Å². The number of benzene rings is 2. The van der Waals surface area contributed by atoms with E-state index in [1.165, 1.54) is 0 Å². The minimum atomic E-state index is 0.304. The van der Waals surface area contributed by atoms with Gasteiger partial charge >= 0.3 is 0 Å². The lowest BCUT2D eigenvalue weighted by Crippen LogP contribution is -2.02. The predicted molar refractivity (Wildman–Crippen MR) is 87.6 cm³/mol.